The van der Waals surface area contributed by atoms with E-state index in [-0.39, 0.29) is 18.6 Å². The smallest absolute Gasteiger partial charge is 0.339 e. The van der Waals surface area contributed by atoms with Gasteiger partial charge in [0.05, 0.1) is 17.4 Å². The van der Waals surface area contributed by atoms with Crippen molar-refractivity contribution in [3.63, 3.8) is 0 Å². The van der Waals surface area contributed by atoms with Gasteiger partial charge in [-0.1, -0.05) is 17.3 Å². The molecule has 1 atom stereocenters. The van der Waals surface area contributed by atoms with E-state index in [0.29, 0.717) is 17.9 Å². The molecule has 7 nitrogen and oxygen atoms in total. The Morgan fingerprint density at radius 3 is 2.86 bits per heavy atom. The van der Waals surface area contributed by atoms with Crippen molar-refractivity contribution in [2.75, 3.05) is 19.8 Å². The molecule has 0 spiro atoms. The lowest BCUT2D eigenvalue weighted by Gasteiger charge is -2.12. The van der Waals surface area contributed by atoms with Crippen molar-refractivity contribution in [2.45, 2.75) is 43.4 Å². The first-order valence-electron chi connectivity index (χ1n) is 9.23. The van der Waals surface area contributed by atoms with Gasteiger partial charge in [0.15, 0.2) is 6.61 Å². The van der Waals surface area contributed by atoms with Crippen LogP contribution in [-0.2, 0) is 20.0 Å². The van der Waals surface area contributed by atoms with Gasteiger partial charge in [-0.05, 0) is 38.8 Å². The molecule has 2 heterocycles. The molecule has 1 fully saturated rings. The van der Waals surface area contributed by atoms with Crippen molar-refractivity contribution >= 4 is 23.6 Å². The number of thioether (sulfide) groups is 1. The van der Waals surface area contributed by atoms with E-state index in [1.54, 1.807) is 12.1 Å². The highest BCUT2D eigenvalue weighted by Crippen LogP contribution is 2.29. The largest absolute Gasteiger partial charge is 0.452 e. The summed E-state index contributed by atoms with van der Waals surface area (Å²) in [5.41, 5.74) is 2.29. The van der Waals surface area contributed by atoms with E-state index in [1.165, 1.54) is 11.8 Å². The van der Waals surface area contributed by atoms with Gasteiger partial charge in [-0.15, -0.1) is 11.8 Å². The lowest BCUT2D eigenvalue weighted by atomic mass is 10.2. The minimum absolute atomic E-state index is 0.0566. The van der Waals surface area contributed by atoms with Crippen LogP contribution in [0.25, 0.3) is 0 Å². The van der Waals surface area contributed by atoms with Crippen LogP contribution >= 0.6 is 11.8 Å². The summed E-state index contributed by atoms with van der Waals surface area (Å²) < 4.78 is 15.8. The first-order valence-corrected chi connectivity index (χ1v) is 10.2. The highest BCUT2D eigenvalue weighted by Gasteiger charge is 2.18. The fourth-order valence-corrected chi connectivity index (χ4v) is 4.11. The number of amides is 1. The molecule has 1 aliphatic heterocycles. The molecule has 1 aliphatic rings. The van der Waals surface area contributed by atoms with Gasteiger partial charge in [0.1, 0.15) is 5.76 Å². The number of esters is 1. The van der Waals surface area contributed by atoms with Gasteiger partial charge < -0.3 is 19.3 Å². The Balaban J connectivity index is 1.52. The van der Waals surface area contributed by atoms with Crippen LogP contribution in [0.4, 0.5) is 0 Å². The number of rotatable bonds is 8. The molecule has 0 saturated carbocycles. The normalized spacial score (nSPS) is 16.1. The van der Waals surface area contributed by atoms with Crippen molar-refractivity contribution in [1.29, 1.82) is 0 Å². The van der Waals surface area contributed by atoms with Gasteiger partial charge in [-0.2, -0.15) is 0 Å². The Kier molecular flexibility index (Phi) is 7.11. The van der Waals surface area contributed by atoms with Crippen molar-refractivity contribution in [3.05, 3.63) is 46.8 Å². The van der Waals surface area contributed by atoms with Gasteiger partial charge >= 0.3 is 5.97 Å². The van der Waals surface area contributed by atoms with Crippen LogP contribution in [0.3, 0.4) is 0 Å². The molecule has 1 aromatic carbocycles. The molecule has 3 rings (SSSR count). The number of aryl methyl sites for hydroxylation is 2. The first-order chi connectivity index (χ1) is 13.5. The molecule has 2 aromatic rings. The van der Waals surface area contributed by atoms with E-state index in [2.05, 4.69) is 10.5 Å². The van der Waals surface area contributed by atoms with E-state index in [0.717, 1.165) is 41.4 Å². The predicted molar refractivity (Wildman–Crippen MR) is 104 cm³/mol. The maximum absolute atomic E-state index is 12.5. The van der Waals surface area contributed by atoms with Gasteiger partial charge in [0.2, 0.25) is 0 Å². The summed E-state index contributed by atoms with van der Waals surface area (Å²) in [4.78, 5) is 25.1. The average molecular weight is 404 g/mol. The lowest BCUT2D eigenvalue weighted by Crippen LogP contribution is -2.34. The number of carbonyl (C=O) groups excluding carboxylic acids is 2. The summed E-state index contributed by atoms with van der Waals surface area (Å²) in [6, 6.07) is 7.19. The third kappa shape index (κ3) is 5.36. The number of ether oxygens (including phenoxy) is 2. The van der Waals surface area contributed by atoms with Crippen LogP contribution in [0.15, 0.2) is 33.7 Å². The molecular formula is C20H24N2O5S. The zero-order valence-corrected chi connectivity index (χ0v) is 16.8. The Bertz CT molecular complexity index is 810. The summed E-state index contributed by atoms with van der Waals surface area (Å²) in [5, 5.41) is 6.69. The number of benzene rings is 1. The topological polar surface area (TPSA) is 90.7 Å². The minimum atomic E-state index is -0.519. The zero-order valence-electron chi connectivity index (χ0n) is 16.0. The number of aromatic nitrogens is 1. The van der Waals surface area contributed by atoms with E-state index in [9.17, 15) is 9.59 Å². The average Bonchev–Trinajstić information content (AvgIpc) is 3.33. The summed E-state index contributed by atoms with van der Waals surface area (Å²) >= 11 is 1.50. The highest BCUT2D eigenvalue weighted by molar-refractivity contribution is 7.98. The summed E-state index contributed by atoms with van der Waals surface area (Å²) in [6.07, 6.45) is 2.01. The highest BCUT2D eigenvalue weighted by atomic mass is 32.2. The van der Waals surface area contributed by atoms with Crippen molar-refractivity contribution in [2.24, 2.45) is 0 Å². The molecule has 8 heteroatoms. The van der Waals surface area contributed by atoms with E-state index in [4.69, 9.17) is 14.0 Å². The van der Waals surface area contributed by atoms with Gasteiger partial charge in [0.25, 0.3) is 5.91 Å². The van der Waals surface area contributed by atoms with E-state index >= 15 is 0 Å². The second-order valence-corrected chi connectivity index (χ2v) is 7.62. The monoisotopic (exact) mass is 404 g/mol. The fourth-order valence-electron chi connectivity index (χ4n) is 2.91. The summed E-state index contributed by atoms with van der Waals surface area (Å²) in [6.45, 7) is 4.62. The maximum Gasteiger partial charge on any atom is 0.339 e. The Labute approximate surface area is 168 Å². The lowest BCUT2D eigenvalue weighted by molar-refractivity contribution is -0.124. The first kappa shape index (κ1) is 20.4. The van der Waals surface area contributed by atoms with Gasteiger partial charge in [0, 0.05) is 29.4 Å². The van der Waals surface area contributed by atoms with Crippen LogP contribution < -0.4 is 5.32 Å². The third-order valence-corrected chi connectivity index (χ3v) is 5.65. The molecule has 1 amide bonds. The number of nitrogens with zero attached hydrogens (tertiary/aromatic N) is 1. The summed E-state index contributed by atoms with van der Waals surface area (Å²) in [7, 11) is 0. The number of hydrogen-bond acceptors (Lipinski definition) is 7. The second kappa shape index (κ2) is 9.75. The standard InChI is InChI=1S/C20H24N2O5S/c1-13-17(14(2)27-22-13)12-28-18-8-4-3-7-16(18)20(24)26-11-19(23)21-10-15-6-5-9-25-15/h3-4,7-8,15H,5-6,9-12H2,1-2H3,(H,21,23)/t15-/m0/s1. The fraction of sp³-hybridized carbons (Fsp3) is 0.450. The Morgan fingerprint density at radius 2 is 2.14 bits per heavy atom. The molecule has 1 saturated heterocycles. The van der Waals surface area contributed by atoms with Crippen molar-refractivity contribution < 1.29 is 23.6 Å². The van der Waals surface area contributed by atoms with Crippen LogP contribution in [0, 0.1) is 13.8 Å². The van der Waals surface area contributed by atoms with Crippen LogP contribution in [0.1, 0.15) is 40.2 Å². The molecule has 150 valence electrons. The summed E-state index contributed by atoms with van der Waals surface area (Å²) in [5.74, 6) is 0.555. The minimum Gasteiger partial charge on any atom is -0.452 e. The molecule has 0 bridgehead atoms. The molecule has 0 aliphatic carbocycles. The molecule has 1 aromatic heterocycles. The van der Waals surface area contributed by atoms with E-state index < -0.39 is 5.97 Å². The van der Waals surface area contributed by atoms with Crippen LogP contribution in [-0.4, -0.2) is 42.9 Å². The molecule has 0 radical (unpaired) electrons. The van der Waals surface area contributed by atoms with Crippen molar-refractivity contribution in [3.8, 4) is 0 Å². The molecule has 0 unspecified atom stereocenters. The molecule has 28 heavy (non-hydrogen) atoms. The number of carbonyl (C=O) groups is 2. The van der Waals surface area contributed by atoms with Gasteiger partial charge in [-0.3, -0.25) is 4.79 Å². The quantitative estimate of drug-likeness (QED) is 0.534. The molecule has 1 N–H and O–H groups in total. The van der Waals surface area contributed by atoms with E-state index in [1.807, 2.05) is 26.0 Å². The Morgan fingerprint density at radius 1 is 1.32 bits per heavy atom. The van der Waals surface area contributed by atoms with Crippen LogP contribution in [0.2, 0.25) is 0 Å². The second-order valence-electron chi connectivity index (χ2n) is 6.60. The number of hydrogen-bond donors (Lipinski definition) is 1. The van der Waals surface area contributed by atoms with Crippen molar-refractivity contribution in [1.82, 2.24) is 10.5 Å². The molecular weight excluding hydrogens is 380 g/mol. The van der Waals surface area contributed by atoms with Crippen LogP contribution in [0.5, 0.6) is 0 Å². The maximum atomic E-state index is 12.5. The predicted octanol–water partition coefficient (Wildman–Crippen LogP) is 3.04. The zero-order chi connectivity index (χ0) is 19.9. The Hall–Kier alpha value is -2.32. The van der Waals surface area contributed by atoms with Gasteiger partial charge in [-0.25, -0.2) is 4.79 Å². The third-order valence-electron chi connectivity index (χ3n) is 4.55. The number of nitrogens with one attached hydrogen (secondary N) is 1. The SMILES string of the molecule is Cc1noc(C)c1CSc1ccccc1C(=O)OCC(=O)NC[C@@H]1CCCO1.